The first-order valence-electron chi connectivity index (χ1n) is 8.10. The van der Waals surface area contributed by atoms with Crippen molar-refractivity contribution in [3.63, 3.8) is 0 Å². The zero-order chi connectivity index (χ0) is 17.9. The molecule has 8 heteroatoms. The predicted molar refractivity (Wildman–Crippen MR) is 89.3 cm³/mol. The van der Waals surface area contributed by atoms with Crippen molar-refractivity contribution in [2.45, 2.75) is 52.2 Å². The number of nitrogens with zero attached hydrogens (tertiary/aromatic N) is 3. The number of likely N-dealkylation sites (tertiary alicyclic amines) is 1. The summed E-state index contributed by atoms with van der Waals surface area (Å²) in [5, 5.41) is 13.1. The average molecular weight is 358 g/mol. The van der Waals surface area contributed by atoms with E-state index < -0.39 is 11.6 Å². The molecule has 0 radical (unpaired) electrons. The molecule has 1 aromatic rings. The number of rotatable bonds is 4. The number of carbonyl (C=O) groups excluding carboxylic acids is 1. The second-order valence-corrected chi connectivity index (χ2v) is 7.50. The fourth-order valence-electron chi connectivity index (χ4n) is 2.70. The van der Waals surface area contributed by atoms with Crippen molar-refractivity contribution in [3.05, 3.63) is 16.9 Å². The molecule has 1 aliphatic heterocycles. The molecule has 1 N–H and O–H groups in total. The quantitative estimate of drug-likeness (QED) is 0.893. The molecular weight excluding hydrogens is 334 g/mol. The third kappa shape index (κ3) is 5.12. The molecule has 0 spiro atoms. The van der Waals surface area contributed by atoms with Crippen molar-refractivity contribution in [2.24, 2.45) is 5.92 Å². The number of halogens is 1. The van der Waals surface area contributed by atoms with E-state index in [0.717, 1.165) is 19.3 Å². The maximum Gasteiger partial charge on any atom is 0.410 e. The minimum absolute atomic E-state index is 0.114. The van der Waals surface area contributed by atoms with E-state index in [4.69, 9.17) is 21.4 Å². The number of ether oxygens (including phenoxy) is 1. The van der Waals surface area contributed by atoms with Crippen LogP contribution in [-0.2, 0) is 11.3 Å². The first-order valence-corrected chi connectivity index (χ1v) is 8.47. The normalized spacial score (nSPS) is 16.2. The van der Waals surface area contributed by atoms with Crippen molar-refractivity contribution >= 4 is 23.7 Å². The van der Waals surface area contributed by atoms with Crippen LogP contribution >= 0.6 is 11.6 Å². The van der Waals surface area contributed by atoms with Crippen LogP contribution in [0, 0.1) is 5.92 Å². The molecule has 134 valence electrons. The molecule has 7 nitrogen and oxygen atoms in total. The molecule has 1 fully saturated rings. The molecule has 24 heavy (non-hydrogen) atoms. The summed E-state index contributed by atoms with van der Waals surface area (Å²) < 4.78 is 6.96. The highest BCUT2D eigenvalue weighted by Gasteiger charge is 2.26. The lowest BCUT2D eigenvalue weighted by Gasteiger charge is -2.33. The van der Waals surface area contributed by atoms with Gasteiger partial charge in [0.05, 0.1) is 5.02 Å². The highest BCUT2D eigenvalue weighted by molar-refractivity contribution is 6.33. The van der Waals surface area contributed by atoms with Gasteiger partial charge in [0, 0.05) is 25.8 Å². The summed E-state index contributed by atoms with van der Waals surface area (Å²) in [6, 6.07) is 0. The highest BCUT2D eigenvalue weighted by Crippen LogP contribution is 2.23. The summed E-state index contributed by atoms with van der Waals surface area (Å²) in [5.41, 5.74) is -0.591. The molecular formula is C16H24ClN3O4. The topological polar surface area (TPSA) is 84.7 Å². The van der Waals surface area contributed by atoms with Gasteiger partial charge in [0.1, 0.15) is 5.60 Å². The van der Waals surface area contributed by atoms with Crippen LogP contribution < -0.4 is 0 Å². The molecule has 1 aliphatic rings. The van der Waals surface area contributed by atoms with E-state index in [1.54, 1.807) is 15.8 Å². The van der Waals surface area contributed by atoms with Crippen LogP contribution in [0.4, 0.5) is 4.79 Å². The molecule has 0 bridgehead atoms. The molecule has 2 heterocycles. The van der Waals surface area contributed by atoms with E-state index in [9.17, 15) is 9.59 Å². The Balaban J connectivity index is 1.78. The monoisotopic (exact) mass is 357 g/mol. The molecule has 0 atom stereocenters. The third-order valence-corrected chi connectivity index (χ3v) is 4.23. The van der Waals surface area contributed by atoms with Crippen LogP contribution in [0.25, 0.3) is 0 Å². The van der Waals surface area contributed by atoms with Crippen molar-refractivity contribution in [1.29, 1.82) is 0 Å². The average Bonchev–Trinajstić information content (AvgIpc) is 2.85. The van der Waals surface area contributed by atoms with Gasteiger partial charge in [-0.25, -0.2) is 9.59 Å². The summed E-state index contributed by atoms with van der Waals surface area (Å²) in [5.74, 6) is -0.649. The van der Waals surface area contributed by atoms with E-state index in [1.165, 1.54) is 0 Å². The molecule has 1 aromatic heterocycles. The predicted octanol–water partition coefficient (Wildman–Crippen LogP) is 3.27. The van der Waals surface area contributed by atoms with Crippen molar-refractivity contribution in [2.75, 3.05) is 13.1 Å². The number of aromatic carboxylic acids is 1. The molecule has 1 amide bonds. The number of hydrogen-bond donors (Lipinski definition) is 1. The zero-order valence-electron chi connectivity index (χ0n) is 14.3. The van der Waals surface area contributed by atoms with Gasteiger partial charge in [0.2, 0.25) is 0 Å². The summed E-state index contributed by atoms with van der Waals surface area (Å²) in [7, 11) is 0. The lowest BCUT2D eigenvalue weighted by atomic mass is 9.94. The minimum Gasteiger partial charge on any atom is -0.476 e. The van der Waals surface area contributed by atoms with Crippen LogP contribution in [0.1, 0.15) is 50.5 Å². The summed E-state index contributed by atoms with van der Waals surface area (Å²) in [6.07, 6.45) is 3.96. The van der Waals surface area contributed by atoms with Gasteiger partial charge in [-0.15, -0.1) is 0 Å². The Morgan fingerprint density at radius 2 is 2.00 bits per heavy atom. The Morgan fingerprint density at radius 1 is 1.38 bits per heavy atom. The Morgan fingerprint density at radius 3 is 2.50 bits per heavy atom. The fourth-order valence-corrected chi connectivity index (χ4v) is 2.93. The first-order chi connectivity index (χ1) is 11.2. The standard InChI is InChI=1S/C16H24ClN3O4/c1-16(2,3)24-15(23)19-7-4-11(5-8-19)6-9-20-10-12(17)13(18-20)14(21)22/h10-11H,4-9H2,1-3H3,(H,21,22). The van der Waals surface area contributed by atoms with Gasteiger partial charge >= 0.3 is 12.1 Å². The number of amides is 1. The second-order valence-electron chi connectivity index (χ2n) is 7.09. The van der Waals surface area contributed by atoms with Gasteiger partial charge in [-0.1, -0.05) is 11.6 Å². The lowest BCUT2D eigenvalue weighted by molar-refractivity contribution is 0.0179. The Labute approximate surface area is 146 Å². The SMILES string of the molecule is CC(C)(C)OC(=O)N1CCC(CCn2cc(Cl)c(C(=O)O)n2)CC1. The number of carboxylic acids is 1. The Bertz CT molecular complexity index is 601. The van der Waals surface area contributed by atoms with Crippen molar-refractivity contribution in [1.82, 2.24) is 14.7 Å². The van der Waals surface area contributed by atoms with Gasteiger partial charge in [0.15, 0.2) is 5.69 Å². The Hall–Kier alpha value is -1.76. The van der Waals surface area contributed by atoms with Gasteiger partial charge in [0.25, 0.3) is 0 Å². The maximum absolute atomic E-state index is 12.0. The molecule has 0 unspecified atom stereocenters. The van der Waals surface area contributed by atoms with Crippen LogP contribution in [0.3, 0.4) is 0 Å². The van der Waals surface area contributed by atoms with E-state index in [0.29, 0.717) is 25.6 Å². The molecule has 0 aliphatic carbocycles. The van der Waals surface area contributed by atoms with Crippen molar-refractivity contribution in [3.8, 4) is 0 Å². The van der Waals surface area contributed by atoms with Gasteiger partial charge in [-0.2, -0.15) is 5.10 Å². The minimum atomic E-state index is -1.12. The number of aryl methyl sites for hydroxylation is 1. The van der Waals surface area contributed by atoms with Gasteiger partial charge < -0.3 is 14.7 Å². The van der Waals surface area contributed by atoms with Crippen molar-refractivity contribution < 1.29 is 19.4 Å². The second kappa shape index (κ2) is 7.42. The molecule has 1 saturated heterocycles. The molecule has 0 aromatic carbocycles. The van der Waals surface area contributed by atoms with E-state index >= 15 is 0 Å². The summed E-state index contributed by atoms with van der Waals surface area (Å²) in [6.45, 7) is 7.55. The molecule has 0 saturated carbocycles. The smallest absolute Gasteiger partial charge is 0.410 e. The highest BCUT2D eigenvalue weighted by atomic mass is 35.5. The first kappa shape index (κ1) is 18.6. The van der Waals surface area contributed by atoms with Crippen LogP contribution in [0.2, 0.25) is 5.02 Å². The molecule has 2 rings (SSSR count). The number of carbonyl (C=O) groups is 2. The zero-order valence-corrected chi connectivity index (χ0v) is 15.0. The number of aromatic nitrogens is 2. The Kier molecular flexibility index (Phi) is 5.74. The third-order valence-electron chi connectivity index (χ3n) is 3.95. The van der Waals surface area contributed by atoms with Gasteiger partial charge in [-0.05, 0) is 46.0 Å². The number of piperidine rings is 1. The number of hydrogen-bond acceptors (Lipinski definition) is 4. The van der Waals surface area contributed by atoms with Crippen LogP contribution in [0.5, 0.6) is 0 Å². The summed E-state index contributed by atoms with van der Waals surface area (Å²) in [4.78, 5) is 24.7. The van der Waals surface area contributed by atoms with E-state index in [1.807, 2.05) is 20.8 Å². The van der Waals surface area contributed by atoms with Crippen LogP contribution in [-0.4, -0.2) is 50.5 Å². The maximum atomic E-state index is 12.0. The fraction of sp³-hybridized carbons (Fsp3) is 0.688. The number of carboxylic acid groups (broad SMARTS) is 1. The van der Waals surface area contributed by atoms with E-state index in [-0.39, 0.29) is 16.8 Å². The summed E-state index contributed by atoms with van der Waals surface area (Å²) >= 11 is 5.85. The largest absolute Gasteiger partial charge is 0.476 e. The lowest BCUT2D eigenvalue weighted by Crippen LogP contribution is -2.41. The van der Waals surface area contributed by atoms with E-state index in [2.05, 4.69) is 5.10 Å². The van der Waals surface area contributed by atoms with Gasteiger partial charge in [-0.3, -0.25) is 4.68 Å². The van der Waals surface area contributed by atoms with Crippen LogP contribution in [0.15, 0.2) is 6.20 Å².